The molecule has 1 aliphatic heterocycles. The second-order valence-electron chi connectivity index (χ2n) is 6.64. The van der Waals surface area contributed by atoms with Gasteiger partial charge in [0, 0.05) is 28.2 Å². The number of carbonyl (C=O) groups excluding carboxylic acids is 1. The molecule has 1 aromatic heterocycles. The number of hydrogen-bond donors (Lipinski definition) is 2. The lowest BCUT2D eigenvalue weighted by Crippen LogP contribution is -2.36. The van der Waals surface area contributed by atoms with Crippen LogP contribution in [0.4, 0.5) is 10.5 Å². The monoisotopic (exact) mass is 465 g/mol. The molecule has 2 aromatic carbocycles. The Hall–Kier alpha value is -3.42. The van der Waals surface area contributed by atoms with E-state index in [2.05, 4.69) is 26.7 Å². The predicted molar refractivity (Wildman–Crippen MR) is 128 cm³/mol. The van der Waals surface area contributed by atoms with Crippen molar-refractivity contribution in [3.63, 3.8) is 0 Å². The van der Waals surface area contributed by atoms with Gasteiger partial charge < -0.3 is 20.1 Å². The van der Waals surface area contributed by atoms with Gasteiger partial charge in [-0.3, -0.25) is 9.98 Å². The van der Waals surface area contributed by atoms with E-state index in [1.807, 2.05) is 18.2 Å². The van der Waals surface area contributed by atoms with Crippen molar-refractivity contribution in [2.24, 2.45) is 4.99 Å². The van der Waals surface area contributed by atoms with E-state index in [0.717, 1.165) is 20.2 Å². The van der Waals surface area contributed by atoms with E-state index in [1.165, 1.54) is 23.5 Å². The van der Waals surface area contributed by atoms with Crippen LogP contribution in [0.15, 0.2) is 58.5 Å². The van der Waals surface area contributed by atoms with Crippen LogP contribution < -0.4 is 20.1 Å². The fraction of sp³-hybridized carbons (Fsp3) is 0.182. The number of methoxy groups -OCH3 is 2. The molecule has 0 saturated carbocycles. The highest BCUT2D eigenvalue weighted by Gasteiger charge is 2.23. The molecule has 8 nitrogen and oxygen atoms in total. The zero-order chi connectivity index (χ0) is 22.5. The number of nitriles is 1. The standard InChI is InChI=1S/C22H19N5O3S2/c1-29-17-9-15-16(10-18(17)30-2)24-7-6-19(15)31-22-25-12-20(32-22)27-21(28)26-14-5-3-4-13(8-14)11-23/h3-10,20H,12H2,1-2H3,(H2,26,27,28). The Morgan fingerprint density at radius 2 is 2.03 bits per heavy atom. The van der Waals surface area contributed by atoms with E-state index in [0.29, 0.717) is 29.3 Å². The van der Waals surface area contributed by atoms with Crippen LogP contribution in [0.5, 0.6) is 11.5 Å². The van der Waals surface area contributed by atoms with Gasteiger partial charge in [0.25, 0.3) is 0 Å². The fourth-order valence-corrected chi connectivity index (χ4v) is 5.34. The summed E-state index contributed by atoms with van der Waals surface area (Å²) in [4.78, 5) is 22.3. The zero-order valence-corrected chi connectivity index (χ0v) is 18.9. The Kier molecular flexibility index (Phi) is 6.68. The van der Waals surface area contributed by atoms with Crippen LogP contribution in [0.1, 0.15) is 5.56 Å². The third-order valence-corrected chi connectivity index (χ3v) is 6.88. The summed E-state index contributed by atoms with van der Waals surface area (Å²) >= 11 is 3.01. The van der Waals surface area contributed by atoms with Gasteiger partial charge in [-0.1, -0.05) is 29.6 Å². The SMILES string of the molecule is COc1cc2nccc(SC3=NCC(NC(=O)Nc4cccc(C#N)c4)S3)c2cc1OC. The molecular formula is C22H19N5O3S2. The van der Waals surface area contributed by atoms with Gasteiger partial charge in [-0.25, -0.2) is 4.79 Å². The normalized spacial score (nSPS) is 15.0. The van der Waals surface area contributed by atoms with Crippen molar-refractivity contribution in [3.8, 4) is 17.6 Å². The minimum absolute atomic E-state index is 0.181. The van der Waals surface area contributed by atoms with E-state index >= 15 is 0 Å². The lowest BCUT2D eigenvalue weighted by atomic mass is 10.2. The molecule has 0 bridgehead atoms. The molecule has 3 aromatic rings. The average molecular weight is 466 g/mol. The number of ether oxygens (including phenoxy) is 2. The van der Waals surface area contributed by atoms with Crippen molar-refractivity contribution in [2.75, 3.05) is 26.1 Å². The summed E-state index contributed by atoms with van der Waals surface area (Å²) in [6.07, 6.45) is 1.75. The summed E-state index contributed by atoms with van der Waals surface area (Å²) in [5.74, 6) is 1.25. The van der Waals surface area contributed by atoms with Crippen molar-refractivity contribution >= 4 is 50.5 Å². The molecule has 4 rings (SSSR count). The van der Waals surface area contributed by atoms with E-state index in [4.69, 9.17) is 14.7 Å². The second kappa shape index (κ2) is 9.80. The Labute approximate surface area is 193 Å². The molecule has 0 spiro atoms. The van der Waals surface area contributed by atoms with Gasteiger partial charge in [0.1, 0.15) is 9.75 Å². The Morgan fingerprint density at radius 3 is 2.81 bits per heavy atom. The maximum Gasteiger partial charge on any atom is 0.320 e. The summed E-state index contributed by atoms with van der Waals surface area (Å²) in [6.45, 7) is 0.471. The number of nitrogens with one attached hydrogen (secondary N) is 2. The van der Waals surface area contributed by atoms with Crippen LogP contribution in [0.3, 0.4) is 0 Å². The molecule has 0 radical (unpaired) electrons. The minimum atomic E-state index is -0.342. The van der Waals surface area contributed by atoms with Gasteiger partial charge in [0.05, 0.1) is 37.9 Å². The highest BCUT2D eigenvalue weighted by atomic mass is 32.2. The smallest absolute Gasteiger partial charge is 0.320 e. The summed E-state index contributed by atoms with van der Waals surface area (Å²) in [7, 11) is 3.19. The number of hydrogen-bond acceptors (Lipinski definition) is 8. The Morgan fingerprint density at radius 1 is 1.22 bits per heavy atom. The van der Waals surface area contributed by atoms with Gasteiger partial charge in [0.2, 0.25) is 0 Å². The number of rotatable bonds is 5. The lowest BCUT2D eigenvalue weighted by molar-refractivity contribution is 0.251. The van der Waals surface area contributed by atoms with Crippen LogP contribution in [-0.2, 0) is 0 Å². The van der Waals surface area contributed by atoms with E-state index in [9.17, 15) is 4.79 Å². The molecule has 0 fully saturated rings. The molecule has 2 heterocycles. The number of fused-ring (bicyclic) bond motifs is 1. The average Bonchev–Trinajstić information content (AvgIpc) is 3.24. The van der Waals surface area contributed by atoms with Gasteiger partial charge in [-0.05, 0) is 30.3 Å². The number of carbonyl (C=O) groups is 1. The van der Waals surface area contributed by atoms with Crippen LogP contribution in [0.2, 0.25) is 0 Å². The third-order valence-electron chi connectivity index (χ3n) is 4.58. The molecule has 1 aliphatic rings. The Balaban J connectivity index is 1.40. The topological polar surface area (TPSA) is 109 Å². The maximum atomic E-state index is 12.3. The first kappa shape index (κ1) is 21.8. The molecule has 10 heteroatoms. The number of amides is 2. The molecule has 0 aliphatic carbocycles. The molecule has 32 heavy (non-hydrogen) atoms. The summed E-state index contributed by atoms with van der Waals surface area (Å²) in [5, 5.41) is 15.4. The molecule has 0 saturated heterocycles. The third kappa shape index (κ3) is 4.90. The highest BCUT2D eigenvalue weighted by Crippen LogP contribution is 2.39. The van der Waals surface area contributed by atoms with Crippen LogP contribution >= 0.6 is 23.5 Å². The van der Waals surface area contributed by atoms with E-state index in [-0.39, 0.29) is 11.4 Å². The predicted octanol–water partition coefficient (Wildman–Crippen LogP) is 4.47. The number of pyridine rings is 1. The van der Waals surface area contributed by atoms with Gasteiger partial charge in [0.15, 0.2) is 11.5 Å². The maximum absolute atomic E-state index is 12.3. The van der Waals surface area contributed by atoms with E-state index < -0.39 is 0 Å². The van der Waals surface area contributed by atoms with Gasteiger partial charge >= 0.3 is 6.03 Å². The number of anilines is 1. The molecule has 2 N–H and O–H groups in total. The van der Waals surface area contributed by atoms with Crippen molar-refractivity contribution in [1.82, 2.24) is 10.3 Å². The van der Waals surface area contributed by atoms with Crippen LogP contribution in [0, 0.1) is 11.3 Å². The first-order valence-electron chi connectivity index (χ1n) is 9.57. The number of nitrogens with zero attached hydrogens (tertiary/aromatic N) is 3. The largest absolute Gasteiger partial charge is 0.493 e. The fourth-order valence-electron chi connectivity index (χ4n) is 3.10. The Bertz CT molecular complexity index is 1240. The van der Waals surface area contributed by atoms with Crippen molar-refractivity contribution < 1.29 is 14.3 Å². The van der Waals surface area contributed by atoms with E-state index in [1.54, 1.807) is 44.7 Å². The van der Waals surface area contributed by atoms with Gasteiger partial charge in [-0.15, -0.1) is 0 Å². The summed E-state index contributed by atoms with van der Waals surface area (Å²) in [5.41, 5.74) is 1.84. The van der Waals surface area contributed by atoms with Crippen LogP contribution in [-0.4, -0.2) is 41.5 Å². The van der Waals surface area contributed by atoms with Gasteiger partial charge in [-0.2, -0.15) is 5.26 Å². The number of aromatic nitrogens is 1. The van der Waals surface area contributed by atoms with Crippen molar-refractivity contribution in [3.05, 3.63) is 54.2 Å². The van der Waals surface area contributed by atoms with Crippen LogP contribution in [0.25, 0.3) is 10.9 Å². The zero-order valence-electron chi connectivity index (χ0n) is 17.3. The molecule has 2 amide bonds. The molecular weight excluding hydrogens is 446 g/mol. The highest BCUT2D eigenvalue weighted by molar-refractivity contribution is 8.39. The quantitative estimate of drug-likeness (QED) is 0.572. The molecule has 1 unspecified atom stereocenters. The number of thioether (sulfide) groups is 2. The molecule has 162 valence electrons. The second-order valence-corrected chi connectivity index (χ2v) is 9.12. The summed E-state index contributed by atoms with van der Waals surface area (Å²) in [6, 6.07) is 14.1. The van der Waals surface area contributed by atoms with Crippen molar-refractivity contribution in [2.45, 2.75) is 10.3 Å². The minimum Gasteiger partial charge on any atom is -0.493 e. The lowest BCUT2D eigenvalue weighted by Gasteiger charge is -2.13. The number of benzene rings is 2. The van der Waals surface area contributed by atoms with Crippen molar-refractivity contribution in [1.29, 1.82) is 5.26 Å². The first-order chi connectivity index (χ1) is 15.6. The first-order valence-corrected chi connectivity index (χ1v) is 11.3. The number of aliphatic imine (C=N–C) groups is 1. The molecule has 1 atom stereocenters. The summed E-state index contributed by atoms with van der Waals surface area (Å²) < 4.78 is 11.6. The number of urea groups is 1.